The molecule has 0 saturated heterocycles. The summed E-state index contributed by atoms with van der Waals surface area (Å²) >= 11 is 9.51. The topological polar surface area (TPSA) is 55.1 Å². The smallest absolute Gasteiger partial charge is 0.248 e. The predicted molar refractivity (Wildman–Crippen MR) is 86.1 cm³/mol. The van der Waals surface area contributed by atoms with Crippen LogP contribution in [0, 0.1) is 5.82 Å². The molecule has 0 aromatic heterocycles. The largest absolute Gasteiger partial charge is 0.376 e. The summed E-state index contributed by atoms with van der Waals surface area (Å²) in [5, 5.41) is 3.57. The van der Waals surface area contributed by atoms with Gasteiger partial charge in [0.25, 0.3) is 0 Å². The minimum Gasteiger partial charge on any atom is -0.376 e. The predicted octanol–water partition coefficient (Wildman–Crippen LogP) is 4.51. The van der Waals surface area contributed by atoms with Crippen molar-refractivity contribution in [3.8, 4) is 0 Å². The molecule has 0 aliphatic rings. The Labute approximate surface area is 135 Å². The Bertz CT molecular complexity index is 693. The summed E-state index contributed by atoms with van der Waals surface area (Å²) in [5.41, 5.74) is 6.47. The highest BCUT2D eigenvalue weighted by Crippen LogP contribution is 2.29. The number of hydrogen-bond acceptors (Lipinski definition) is 2. The Kier molecular flexibility index (Phi) is 4.85. The van der Waals surface area contributed by atoms with E-state index in [0.717, 1.165) is 10.0 Å². The summed E-state index contributed by atoms with van der Waals surface area (Å²) < 4.78 is 14.7. The van der Waals surface area contributed by atoms with Crippen molar-refractivity contribution in [3.05, 3.63) is 62.8 Å². The highest BCUT2D eigenvalue weighted by molar-refractivity contribution is 9.10. The van der Waals surface area contributed by atoms with Crippen molar-refractivity contribution in [2.45, 2.75) is 13.0 Å². The lowest BCUT2D eigenvalue weighted by atomic mass is 10.1. The van der Waals surface area contributed by atoms with E-state index in [1.807, 2.05) is 19.1 Å². The number of rotatable bonds is 4. The molecule has 0 spiro atoms. The van der Waals surface area contributed by atoms with E-state index in [2.05, 4.69) is 21.2 Å². The minimum absolute atomic E-state index is 0.206. The maximum atomic E-state index is 13.8. The third-order valence-electron chi connectivity index (χ3n) is 3.05. The van der Waals surface area contributed by atoms with E-state index in [4.69, 9.17) is 17.3 Å². The third-order valence-corrected chi connectivity index (χ3v) is 3.87. The molecule has 0 heterocycles. The maximum Gasteiger partial charge on any atom is 0.248 e. The number of carbonyl (C=O) groups is 1. The van der Waals surface area contributed by atoms with Gasteiger partial charge in [0.2, 0.25) is 5.91 Å². The van der Waals surface area contributed by atoms with Gasteiger partial charge < -0.3 is 11.1 Å². The first-order chi connectivity index (χ1) is 9.88. The van der Waals surface area contributed by atoms with Crippen LogP contribution in [0.2, 0.25) is 5.02 Å². The highest BCUT2D eigenvalue weighted by Gasteiger charge is 2.13. The molecule has 110 valence electrons. The third kappa shape index (κ3) is 3.74. The first kappa shape index (κ1) is 15.8. The number of hydrogen-bond donors (Lipinski definition) is 2. The molecular formula is C15H13BrClFN2O. The van der Waals surface area contributed by atoms with Crippen molar-refractivity contribution < 1.29 is 9.18 Å². The zero-order chi connectivity index (χ0) is 15.6. The first-order valence-corrected chi connectivity index (χ1v) is 7.36. The fraction of sp³-hybridized carbons (Fsp3) is 0.133. The number of halogens is 3. The highest BCUT2D eigenvalue weighted by atomic mass is 79.9. The molecule has 0 aliphatic carbocycles. The Morgan fingerprint density at radius 1 is 1.33 bits per heavy atom. The average Bonchev–Trinajstić information content (AvgIpc) is 2.40. The van der Waals surface area contributed by atoms with E-state index in [1.165, 1.54) is 18.2 Å². The standard InChI is InChI=1S/C15H13BrClFN2O/c1-8(11-4-3-10(16)7-12(11)17)20-14-6-9(15(19)21)2-5-13(14)18/h2-8,20H,1H3,(H2,19,21). The molecule has 21 heavy (non-hydrogen) atoms. The number of primary amides is 1. The second-order valence-electron chi connectivity index (χ2n) is 4.59. The number of nitrogens with one attached hydrogen (secondary N) is 1. The van der Waals surface area contributed by atoms with Gasteiger partial charge in [0.15, 0.2) is 0 Å². The fourth-order valence-electron chi connectivity index (χ4n) is 1.95. The first-order valence-electron chi connectivity index (χ1n) is 6.19. The molecule has 1 amide bonds. The van der Waals surface area contributed by atoms with Gasteiger partial charge in [0.05, 0.1) is 11.7 Å². The van der Waals surface area contributed by atoms with E-state index >= 15 is 0 Å². The molecule has 6 heteroatoms. The Balaban J connectivity index is 2.28. The van der Waals surface area contributed by atoms with Crippen LogP contribution in [0.25, 0.3) is 0 Å². The average molecular weight is 372 g/mol. The number of nitrogens with two attached hydrogens (primary N) is 1. The zero-order valence-corrected chi connectivity index (χ0v) is 13.5. The normalized spacial score (nSPS) is 12.0. The van der Waals surface area contributed by atoms with Crippen LogP contribution in [0.4, 0.5) is 10.1 Å². The number of amides is 1. The van der Waals surface area contributed by atoms with Gasteiger partial charge >= 0.3 is 0 Å². The number of carbonyl (C=O) groups excluding carboxylic acids is 1. The number of anilines is 1. The lowest BCUT2D eigenvalue weighted by Crippen LogP contribution is -2.13. The van der Waals surface area contributed by atoms with Gasteiger partial charge in [-0.1, -0.05) is 33.6 Å². The molecule has 0 fully saturated rings. The summed E-state index contributed by atoms with van der Waals surface area (Å²) in [6.07, 6.45) is 0. The van der Waals surface area contributed by atoms with Crippen LogP contribution in [0.1, 0.15) is 28.9 Å². The molecular weight excluding hydrogens is 359 g/mol. The molecule has 3 nitrogen and oxygen atoms in total. The van der Waals surface area contributed by atoms with Crippen LogP contribution in [-0.4, -0.2) is 5.91 Å². The van der Waals surface area contributed by atoms with Crippen LogP contribution in [0.3, 0.4) is 0 Å². The van der Waals surface area contributed by atoms with Crippen LogP contribution in [0.5, 0.6) is 0 Å². The van der Waals surface area contributed by atoms with Gasteiger partial charge in [-0.25, -0.2) is 4.39 Å². The van der Waals surface area contributed by atoms with E-state index in [9.17, 15) is 9.18 Å². The number of benzene rings is 2. The summed E-state index contributed by atoms with van der Waals surface area (Å²) in [4.78, 5) is 11.2. The molecule has 2 rings (SSSR count). The SMILES string of the molecule is CC(Nc1cc(C(N)=O)ccc1F)c1ccc(Br)cc1Cl. The molecule has 0 aliphatic heterocycles. The van der Waals surface area contributed by atoms with E-state index in [-0.39, 0.29) is 17.3 Å². The Morgan fingerprint density at radius 3 is 2.67 bits per heavy atom. The van der Waals surface area contributed by atoms with E-state index in [0.29, 0.717) is 5.02 Å². The van der Waals surface area contributed by atoms with Gasteiger partial charge in [-0.15, -0.1) is 0 Å². The Hall–Kier alpha value is -1.59. The Morgan fingerprint density at radius 2 is 2.05 bits per heavy atom. The summed E-state index contributed by atoms with van der Waals surface area (Å²) in [6, 6.07) is 9.18. The van der Waals surface area contributed by atoms with Crippen LogP contribution < -0.4 is 11.1 Å². The van der Waals surface area contributed by atoms with Gasteiger partial charge in [0, 0.05) is 15.1 Å². The van der Waals surface area contributed by atoms with E-state index < -0.39 is 11.7 Å². The molecule has 2 aromatic carbocycles. The van der Waals surface area contributed by atoms with Crippen molar-refractivity contribution in [1.82, 2.24) is 0 Å². The summed E-state index contributed by atoms with van der Waals surface area (Å²) in [5.74, 6) is -1.06. The second-order valence-corrected chi connectivity index (χ2v) is 5.91. The summed E-state index contributed by atoms with van der Waals surface area (Å²) in [6.45, 7) is 1.85. The van der Waals surface area contributed by atoms with Crippen molar-refractivity contribution in [2.24, 2.45) is 5.73 Å². The van der Waals surface area contributed by atoms with Crippen LogP contribution in [-0.2, 0) is 0 Å². The van der Waals surface area contributed by atoms with E-state index in [1.54, 1.807) is 6.07 Å². The molecule has 2 aromatic rings. The molecule has 1 atom stereocenters. The lowest BCUT2D eigenvalue weighted by Gasteiger charge is -2.18. The monoisotopic (exact) mass is 370 g/mol. The second kappa shape index (κ2) is 6.45. The quantitative estimate of drug-likeness (QED) is 0.830. The molecule has 1 unspecified atom stereocenters. The van der Waals surface area contributed by atoms with Gasteiger partial charge in [-0.3, -0.25) is 4.79 Å². The van der Waals surface area contributed by atoms with Gasteiger partial charge in [-0.05, 0) is 42.8 Å². The summed E-state index contributed by atoms with van der Waals surface area (Å²) in [7, 11) is 0. The van der Waals surface area contributed by atoms with Crippen molar-refractivity contribution in [3.63, 3.8) is 0 Å². The van der Waals surface area contributed by atoms with Crippen LogP contribution in [0.15, 0.2) is 40.9 Å². The van der Waals surface area contributed by atoms with Crippen LogP contribution >= 0.6 is 27.5 Å². The van der Waals surface area contributed by atoms with Crippen molar-refractivity contribution in [2.75, 3.05) is 5.32 Å². The maximum absolute atomic E-state index is 13.8. The van der Waals surface area contributed by atoms with Gasteiger partial charge in [-0.2, -0.15) is 0 Å². The fourth-order valence-corrected chi connectivity index (χ4v) is 2.79. The molecule has 0 bridgehead atoms. The molecule has 0 radical (unpaired) electrons. The minimum atomic E-state index is -0.604. The molecule has 0 saturated carbocycles. The van der Waals surface area contributed by atoms with Gasteiger partial charge in [0.1, 0.15) is 5.82 Å². The van der Waals surface area contributed by atoms with Crippen molar-refractivity contribution >= 4 is 39.1 Å². The molecule has 3 N–H and O–H groups in total. The van der Waals surface area contributed by atoms with Crippen molar-refractivity contribution in [1.29, 1.82) is 0 Å². The zero-order valence-electron chi connectivity index (χ0n) is 11.2. The lowest BCUT2D eigenvalue weighted by molar-refractivity contribution is 0.100.